The van der Waals surface area contributed by atoms with Gasteiger partial charge in [0.1, 0.15) is 5.82 Å². The van der Waals surface area contributed by atoms with E-state index < -0.39 is 0 Å². The number of imidazole rings is 1. The van der Waals surface area contributed by atoms with Crippen molar-refractivity contribution in [2.45, 2.75) is 25.4 Å². The average Bonchev–Trinajstić information content (AvgIpc) is 2.95. The van der Waals surface area contributed by atoms with E-state index in [2.05, 4.69) is 34.6 Å². The Labute approximate surface area is 107 Å². The maximum atomic E-state index is 5.58. The van der Waals surface area contributed by atoms with Crippen LogP contribution in [0.2, 0.25) is 0 Å². The topological polar surface area (TPSA) is 55.9 Å². The van der Waals surface area contributed by atoms with Gasteiger partial charge in [-0.3, -0.25) is 0 Å². The third-order valence-corrected chi connectivity index (χ3v) is 3.51. The number of nitrogens with one attached hydrogen (secondary N) is 1. The van der Waals surface area contributed by atoms with Gasteiger partial charge >= 0.3 is 0 Å². The Bertz CT molecular complexity index is 507. The largest absolute Gasteiger partial charge is 0.382 e. The smallest absolute Gasteiger partial charge is 0.141 e. The number of benzene rings is 1. The van der Waals surface area contributed by atoms with E-state index in [-0.39, 0.29) is 0 Å². The third kappa shape index (κ3) is 2.38. The molecule has 4 heteroatoms. The molecule has 0 unspecified atom stereocenters. The predicted octanol–water partition coefficient (Wildman–Crippen LogP) is 1.22. The second-order valence-corrected chi connectivity index (χ2v) is 4.86. The van der Waals surface area contributed by atoms with E-state index in [0.717, 1.165) is 25.9 Å². The Morgan fingerprint density at radius 3 is 2.61 bits per heavy atom. The van der Waals surface area contributed by atoms with Gasteiger partial charge < -0.3 is 15.6 Å². The standard InChI is InChI=1S/C14H18N4/c15-14-9-18(10-17-14)6-5-16-13-7-11-3-1-2-4-12(11)8-13/h1-4,9-10,13,16H,5-8,15H2. The van der Waals surface area contributed by atoms with Crippen molar-refractivity contribution in [3.8, 4) is 0 Å². The Kier molecular flexibility index (Phi) is 3.02. The lowest BCUT2D eigenvalue weighted by Gasteiger charge is -2.11. The fraction of sp³-hybridized carbons (Fsp3) is 0.357. The van der Waals surface area contributed by atoms with Gasteiger partial charge in [0.25, 0.3) is 0 Å². The molecule has 2 aromatic rings. The van der Waals surface area contributed by atoms with Crippen molar-refractivity contribution in [1.82, 2.24) is 14.9 Å². The van der Waals surface area contributed by atoms with Crippen LogP contribution < -0.4 is 11.1 Å². The van der Waals surface area contributed by atoms with Crippen LogP contribution in [0.1, 0.15) is 11.1 Å². The van der Waals surface area contributed by atoms with Crippen LogP contribution >= 0.6 is 0 Å². The van der Waals surface area contributed by atoms with Gasteiger partial charge in [0.2, 0.25) is 0 Å². The molecule has 3 N–H and O–H groups in total. The van der Waals surface area contributed by atoms with Crippen molar-refractivity contribution >= 4 is 5.82 Å². The molecule has 94 valence electrons. The molecule has 0 radical (unpaired) electrons. The fourth-order valence-corrected chi connectivity index (χ4v) is 2.60. The lowest BCUT2D eigenvalue weighted by molar-refractivity contribution is 0.503. The Hall–Kier alpha value is -1.81. The van der Waals surface area contributed by atoms with Crippen molar-refractivity contribution in [1.29, 1.82) is 0 Å². The van der Waals surface area contributed by atoms with Crippen LogP contribution in [0, 0.1) is 0 Å². The van der Waals surface area contributed by atoms with Crippen LogP contribution in [0.5, 0.6) is 0 Å². The number of hydrogen-bond acceptors (Lipinski definition) is 3. The summed E-state index contributed by atoms with van der Waals surface area (Å²) in [5, 5.41) is 3.60. The molecular weight excluding hydrogens is 224 g/mol. The number of nitrogen functional groups attached to an aromatic ring is 1. The number of hydrogen-bond donors (Lipinski definition) is 2. The molecule has 1 heterocycles. The summed E-state index contributed by atoms with van der Waals surface area (Å²) in [7, 11) is 0. The van der Waals surface area contributed by atoms with Gasteiger partial charge in [-0.05, 0) is 24.0 Å². The summed E-state index contributed by atoms with van der Waals surface area (Å²) in [6, 6.07) is 9.27. The van der Waals surface area contributed by atoms with Crippen molar-refractivity contribution in [2.75, 3.05) is 12.3 Å². The predicted molar refractivity (Wildman–Crippen MR) is 72.3 cm³/mol. The summed E-state index contributed by atoms with van der Waals surface area (Å²) in [6.07, 6.45) is 5.93. The molecule has 1 aromatic carbocycles. The van der Waals surface area contributed by atoms with Crippen molar-refractivity contribution in [2.24, 2.45) is 0 Å². The minimum absolute atomic E-state index is 0.572. The number of fused-ring (bicyclic) bond motifs is 1. The summed E-state index contributed by atoms with van der Waals surface area (Å²) in [4.78, 5) is 4.01. The maximum absolute atomic E-state index is 5.58. The van der Waals surface area contributed by atoms with E-state index in [4.69, 9.17) is 5.73 Å². The van der Waals surface area contributed by atoms with Gasteiger partial charge in [-0.15, -0.1) is 0 Å². The van der Waals surface area contributed by atoms with E-state index in [9.17, 15) is 0 Å². The number of aromatic nitrogens is 2. The zero-order valence-electron chi connectivity index (χ0n) is 10.3. The second kappa shape index (κ2) is 4.82. The Balaban J connectivity index is 1.48. The van der Waals surface area contributed by atoms with Gasteiger partial charge in [-0.25, -0.2) is 4.98 Å². The maximum Gasteiger partial charge on any atom is 0.141 e. The normalized spacial score (nSPS) is 14.9. The van der Waals surface area contributed by atoms with Crippen LogP contribution in [0.4, 0.5) is 5.82 Å². The van der Waals surface area contributed by atoms with Crippen molar-refractivity contribution in [3.63, 3.8) is 0 Å². The summed E-state index contributed by atoms with van der Waals surface area (Å²) in [5.41, 5.74) is 8.55. The van der Waals surface area contributed by atoms with Gasteiger partial charge in [0.15, 0.2) is 0 Å². The molecule has 0 atom stereocenters. The summed E-state index contributed by atoms with van der Waals surface area (Å²) < 4.78 is 2.02. The highest BCUT2D eigenvalue weighted by Gasteiger charge is 2.19. The SMILES string of the molecule is Nc1cn(CCNC2Cc3ccccc3C2)cn1. The zero-order valence-corrected chi connectivity index (χ0v) is 10.3. The first kappa shape index (κ1) is 11.3. The molecule has 0 aliphatic heterocycles. The molecule has 1 aliphatic rings. The fourth-order valence-electron chi connectivity index (χ4n) is 2.60. The highest BCUT2D eigenvalue weighted by Crippen LogP contribution is 2.21. The number of nitrogens with zero attached hydrogens (tertiary/aromatic N) is 2. The van der Waals surface area contributed by atoms with Gasteiger partial charge in [0, 0.05) is 25.3 Å². The number of anilines is 1. The second-order valence-electron chi connectivity index (χ2n) is 4.86. The third-order valence-electron chi connectivity index (χ3n) is 3.51. The van der Waals surface area contributed by atoms with E-state index >= 15 is 0 Å². The molecule has 0 saturated carbocycles. The van der Waals surface area contributed by atoms with Crippen molar-refractivity contribution in [3.05, 3.63) is 47.9 Å². The molecule has 0 spiro atoms. The van der Waals surface area contributed by atoms with Crippen LogP contribution in [0.25, 0.3) is 0 Å². The number of rotatable bonds is 4. The Morgan fingerprint density at radius 2 is 2.00 bits per heavy atom. The van der Waals surface area contributed by atoms with E-state index in [1.54, 1.807) is 6.33 Å². The number of nitrogens with two attached hydrogens (primary N) is 1. The molecule has 0 saturated heterocycles. The minimum Gasteiger partial charge on any atom is -0.382 e. The van der Waals surface area contributed by atoms with Crippen LogP contribution in [0.3, 0.4) is 0 Å². The molecule has 0 amide bonds. The quantitative estimate of drug-likeness (QED) is 0.847. The molecule has 0 fully saturated rings. The van der Waals surface area contributed by atoms with Gasteiger partial charge in [-0.2, -0.15) is 0 Å². The summed E-state index contributed by atoms with van der Waals surface area (Å²) in [6.45, 7) is 1.87. The minimum atomic E-state index is 0.572. The van der Waals surface area contributed by atoms with Crippen molar-refractivity contribution < 1.29 is 0 Å². The van der Waals surface area contributed by atoms with Crippen LogP contribution in [-0.2, 0) is 19.4 Å². The van der Waals surface area contributed by atoms with E-state index in [1.165, 1.54) is 11.1 Å². The summed E-state index contributed by atoms with van der Waals surface area (Å²) in [5.74, 6) is 0.586. The highest BCUT2D eigenvalue weighted by molar-refractivity contribution is 5.33. The van der Waals surface area contributed by atoms with Crippen LogP contribution in [0.15, 0.2) is 36.8 Å². The van der Waals surface area contributed by atoms with E-state index in [0.29, 0.717) is 11.9 Å². The molecule has 1 aromatic heterocycles. The van der Waals surface area contributed by atoms with Crippen LogP contribution in [-0.4, -0.2) is 22.1 Å². The first-order valence-corrected chi connectivity index (χ1v) is 6.38. The first-order chi connectivity index (χ1) is 8.81. The molecule has 4 nitrogen and oxygen atoms in total. The Morgan fingerprint density at radius 1 is 1.28 bits per heavy atom. The lowest BCUT2D eigenvalue weighted by atomic mass is 10.1. The summed E-state index contributed by atoms with van der Waals surface area (Å²) >= 11 is 0. The molecule has 3 rings (SSSR count). The average molecular weight is 242 g/mol. The molecular formula is C14H18N4. The van der Waals surface area contributed by atoms with E-state index in [1.807, 2.05) is 10.8 Å². The van der Waals surface area contributed by atoms with Gasteiger partial charge in [-0.1, -0.05) is 24.3 Å². The zero-order chi connectivity index (χ0) is 12.4. The molecule has 18 heavy (non-hydrogen) atoms. The molecule has 0 bridgehead atoms. The van der Waals surface area contributed by atoms with Gasteiger partial charge in [0.05, 0.1) is 6.33 Å². The lowest BCUT2D eigenvalue weighted by Crippen LogP contribution is -2.32. The molecule has 1 aliphatic carbocycles. The monoisotopic (exact) mass is 242 g/mol. The highest BCUT2D eigenvalue weighted by atomic mass is 15.1. The first-order valence-electron chi connectivity index (χ1n) is 6.38.